The summed E-state index contributed by atoms with van der Waals surface area (Å²) in [7, 11) is 0. The molecule has 0 saturated carbocycles. The highest BCUT2D eigenvalue weighted by atomic mass is 79.9. The summed E-state index contributed by atoms with van der Waals surface area (Å²) in [5, 5.41) is 2.42. The molecule has 7 nitrogen and oxygen atoms in total. The van der Waals surface area contributed by atoms with E-state index in [1.807, 2.05) is 6.92 Å². The zero-order valence-electron chi connectivity index (χ0n) is 15.7. The van der Waals surface area contributed by atoms with Crippen molar-refractivity contribution in [2.24, 2.45) is 0 Å². The summed E-state index contributed by atoms with van der Waals surface area (Å²) in [5.74, 6) is -2.23. The summed E-state index contributed by atoms with van der Waals surface area (Å²) >= 11 is 3.14. The largest absolute Gasteiger partial charge is 0.492 e. The lowest BCUT2D eigenvalue weighted by Crippen LogP contribution is -2.56. The molecule has 152 valence electrons. The van der Waals surface area contributed by atoms with Gasteiger partial charge < -0.3 is 15.0 Å². The highest BCUT2D eigenvalue weighted by molar-refractivity contribution is 9.10. The van der Waals surface area contributed by atoms with Crippen LogP contribution in [0.15, 0.2) is 46.9 Å². The monoisotopic (exact) mass is 463 g/mol. The van der Waals surface area contributed by atoms with Crippen molar-refractivity contribution in [2.75, 3.05) is 36.5 Å². The number of piperazine rings is 1. The molecule has 0 radical (unpaired) electrons. The lowest BCUT2D eigenvalue weighted by Gasteiger charge is -2.34. The second kappa shape index (κ2) is 9.04. The van der Waals surface area contributed by atoms with Crippen LogP contribution >= 0.6 is 15.9 Å². The molecule has 3 rings (SSSR count). The Balaban J connectivity index is 1.67. The third kappa shape index (κ3) is 4.73. The molecule has 1 saturated heterocycles. The molecule has 2 aromatic rings. The van der Waals surface area contributed by atoms with Gasteiger partial charge in [-0.2, -0.15) is 0 Å². The molecule has 1 heterocycles. The maximum Gasteiger partial charge on any atom is 0.316 e. The molecule has 3 amide bonds. The Morgan fingerprint density at radius 2 is 1.93 bits per heavy atom. The first-order valence-corrected chi connectivity index (χ1v) is 9.77. The van der Waals surface area contributed by atoms with Crippen LogP contribution in [0.5, 0.6) is 5.75 Å². The van der Waals surface area contributed by atoms with E-state index >= 15 is 0 Å². The highest BCUT2D eigenvalue weighted by Gasteiger charge is 2.35. The number of hydrogen-bond donors (Lipinski definition) is 1. The van der Waals surface area contributed by atoms with Crippen molar-refractivity contribution in [2.45, 2.75) is 6.92 Å². The summed E-state index contributed by atoms with van der Waals surface area (Å²) in [6.45, 7) is 2.29. The fourth-order valence-corrected chi connectivity index (χ4v) is 3.30. The molecule has 0 unspecified atom stereocenters. The summed E-state index contributed by atoms with van der Waals surface area (Å²) in [6, 6.07) is 11.2. The lowest BCUT2D eigenvalue weighted by molar-refractivity contribution is -0.147. The van der Waals surface area contributed by atoms with Crippen LogP contribution in [-0.2, 0) is 14.4 Å². The van der Waals surface area contributed by atoms with Gasteiger partial charge in [0.25, 0.3) is 0 Å². The van der Waals surface area contributed by atoms with Crippen LogP contribution in [0.4, 0.5) is 15.8 Å². The molecule has 0 atom stereocenters. The predicted octanol–water partition coefficient (Wildman–Crippen LogP) is 2.80. The number of halogens is 2. The van der Waals surface area contributed by atoms with Crippen LogP contribution in [0.2, 0.25) is 0 Å². The van der Waals surface area contributed by atoms with E-state index < -0.39 is 23.5 Å². The Bertz CT molecular complexity index is 953. The van der Waals surface area contributed by atoms with E-state index in [1.165, 1.54) is 17.0 Å². The van der Waals surface area contributed by atoms with E-state index in [0.29, 0.717) is 22.5 Å². The average Bonchev–Trinajstić information content (AvgIpc) is 2.69. The Labute approximate surface area is 175 Å². The van der Waals surface area contributed by atoms with E-state index in [2.05, 4.69) is 21.2 Å². The van der Waals surface area contributed by atoms with E-state index in [0.717, 1.165) is 4.90 Å². The number of carbonyl (C=O) groups is 3. The number of nitrogens with one attached hydrogen (secondary N) is 1. The summed E-state index contributed by atoms with van der Waals surface area (Å²) in [4.78, 5) is 39.8. The van der Waals surface area contributed by atoms with Gasteiger partial charge in [0, 0.05) is 17.6 Å². The van der Waals surface area contributed by atoms with Crippen molar-refractivity contribution >= 4 is 45.0 Å². The fraction of sp³-hybridized carbons (Fsp3) is 0.250. The first kappa shape index (κ1) is 20.8. The molecule has 1 aliphatic heterocycles. The maximum atomic E-state index is 13.9. The third-order valence-electron chi connectivity index (χ3n) is 4.30. The summed E-state index contributed by atoms with van der Waals surface area (Å²) in [6.07, 6.45) is 0. The number of benzene rings is 2. The van der Waals surface area contributed by atoms with Crippen LogP contribution in [-0.4, -0.2) is 48.9 Å². The van der Waals surface area contributed by atoms with Crippen molar-refractivity contribution in [1.29, 1.82) is 0 Å². The van der Waals surface area contributed by atoms with Crippen molar-refractivity contribution in [3.63, 3.8) is 0 Å². The molecule has 0 aliphatic carbocycles. The fourth-order valence-electron chi connectivity index (χ4n) is 2.97. The normalized spacial score (nSPS) is 14.2. The minimum absolute atomic E-state index is 0.00116. The van der Waals surface area contributed by atoms with E-state index in [1.54, 1.807) is 30.3 Å². The van der Waals surface area contributed by atoms with E-state index in [-0.39, 0.29) is 25.3 Å². The van der Waals surface area contributed by atoms with Crippen LogP contribution < -0.4 is 15.0 Å². The predicted molar refractivity (Wildman–Crippen MR) is 109 cm³/mol. The number of nitrogens with zero attached hydrogens (tertiary/aromatic N) is 2. The minimum Gasteiger partial charge on any atom is -0.492 e. The van der Waals surface area contributed by atoms with E-state index in [4.69, 9.17) is 4.74 Å². The van der Waals surface area contributed by atoms with Crippen LogP contribution in [0.3, 0.4) is 0 Å². The van der Waals surface area contributed by atoms with Gasteiger partial charge in [0.15, 0.2) is 0 Å². The summed E-state index contributed by atoms with van der Waals surface area (Å²) in [5.41, 5.74) is 0.509. The van der Waals surface area contributed by atoms with Crippen LogP contribution in [0.1, 0.15) is 6.92 Å². The second-order valence-electron chi connectivity index (χ2n) is 6.26. The standard InChI is InChI=1S/C20H19BrFN3O4/c1-2-29-17-6-4-3-5-16(17)25-10-9-24(19(27)20(25)28)12-18(26)23-15-8-7-13(21)11-14(15)22/h3-8,11H,2,9-10,12H2,1H3,(H,23,26). The van der Waals surface area contributed by atoms with Crippen LogP contribution in [0.25, 0.3) is 0 Å². The van der Waals surface area contributed by atoms with Gasteiger partial charge in [0.2, 0.25) is 5.91 Å². The molecule has 0 spiro atoms. The van der Waals surface area contributed by atoms with Gasteiger partial charge in [-0.05, 0) is 37.3 Å². The maximum absolute atomic E-state index is 13.9. The first-order valence-electron chi connectivity index (χ1n) is 8.98. The van der Waals surface area contributed by atoms with Gasteiger partial charge in [0.05, 0.1) is 18.0 Å². The number of carbonyl (C=O) groups excluding carboxylic acids is 3. The number of para-hydroxylation sites is 2. The molecule has 1 fully saturated rings. The molecule has 0 aromatic heterocycles. The number of amides is 3. The SMILES string of the molecule is CCOc1ccccc1N1CCN(CC(=O)Nc2ccc(Br)cc2F)C(=O)C1=O. The first-order chi connectivity index (χ1) is 13.9. The molecule has 1 aliphatic rings. The molecular weight excluding hydrogens is 445 g/mol. The molecule has 1 N–H and O–H groups in total. The number of rotatable bonds is 6. The van der Waals surface area contributed by atoms with Gasteiger partial charge in [-0.3, -0.25) is 19.3 Å². The molecular formula is C20H19BrFN3O4. The van der Waals surface area contributed by atoms with Crippen molar-refractivity contribution in [3.05, 3.63) is 52.8 Å². The zero-order valence-corrected chi connectivity index (χ0v) is 17.2. The van der Waals surface area contributed by atoms with Crippen molar-refractivity contribution < 1.29 is 23.5 Å². The number of hydrogen-bond acceptors (Lipinski definition) is 4. The minimum atomic E-state index is -0.797. The van der Waals surface area contributed by atoms with Crippen molar-refractivity contribution in [3.8, 4) is 5.75 Å². The second-order valence-corrected chi connectivity index (χ2v) is 7.17. The molecule has 9 heteroatoms. The topological polar surface area (TPSA) is 79.0 Å². The van der Waals surface area contributed by atoms with Crippen molar-refractivity contribution in [1.82, 2.24) is 4.90 Å². The molecule has 2 aromatic carbocycles. The number of anilines is 2. The van der Waals surface area contributed by atoms with Gasteiger partial charge in [0.1, 0.15) is 18.1 Å². The smallest absolute Gasteiger partial charge is 0.316 e. The summed E-state index contributed by atoms with van der Waals surface area (Å²) < 4.78 is 19.9. The van der Waals surface area contributed by atoms with Gasteiger partial charge in [-0.25, -0.2) is 4.39 Å². The lowest BCUT2D eigenvalue weighted by atomic mass is 10.2. The van der Waals surface area contributed by atoms with Gasteiger partial charge in [-0.1, -0.05) is 28.1 Å². The molecule has 0 bridgehead atoms. The van der Waals surface area contributed by atoms with Gasteiger partial charge in [-0.15, -0.1) is 0 Å². The quantitative estimate of drug-likeness (QED) is 0.668. The zero-order chi connectivity index (χ0) is 21.0. The highest BCUT2D eigenvalue weighted by Crippen LogP contribution is 2.29. The Morgan fingerprint density at radius 3 is 2.66 bits per heavy atom. The number of ether oxygens (including phenoxy) is 1. The molecule has 29 heavy (non-hydrogen) atoms. The van der Waals surface area contributed by atoms with Gasteiger partial charge >= 0.3 is 11.8 Å². The van der Waals surface area contributed by atoms with Crippen LogP contribution in [0, 0.1) is 5.82 Å². The third-order valence-corrected chi connectivity index (χ3v) is 4.80. The Hall–Kier alpha value is -2.94. The Morgan fingerprint density at radius 1 is 1.17 bits per heavy atom. The Kier molecular flexibility index (Phi) is 6.48. The van der Waals surface area contributed by atoms with E-state index in [9.17, 15) is 18.8 Å². The average molecular weight is 464 g/mol.